The fraction of sp³-hybridized carbons (Fsp3) is 0.273. The van der Waals surface area contributed by atoms with Crippen molar-refractivity contribution in [2.24, 2.45) is 10.3 Å². The Morgan fingerprint density at radius 3 is 1.41 bits per heavy atom. The molecule has 0 radical (unpaired) electrons. The van der Waals surface area contributed by atoms with Crippen molar-refractivity contribution in [3.63, 3.8) is 0 Å². The van der Waals surface area contributed by atoms with Crippen LogP contribution >= 0.6 is 0 Å². The first kappa shape index (κ1) is 25.6. The summed E-state index contributed by atoms with van der Waals surface area (Å²) in [5.41, 5.74) is 1.99. The van der Waals surface area contributed by atoms with E-state index in [1.54, 1.807) is 0 Å². The molecule has 32 heavy (non-hydrogen) atoms. The van der Waals surface area contributed by atoms with E-state index in [4.69, 9.17) is 10.4 Å². The van der Waals surface area contributed by atoms with Gasteiger partial charge in [0.25, 0.3) is 0 Å². The first-order valence-electron chi connectivity index (χ1n) is 9.94. The van der Waals surface area contributed by atoms with Gasteiger partial charge in [-0.3, -0.25) is 0 Å². The van der Waals surface area contributed by atoms with Gasteiger partial charge in [-0.1, -0.05) is 0 Å². The maximum atomic E-state index is 12.1. The normalized spacial score (nSPS) is 11.8. The first-order valence-corrected chi connectivity index (χ1v) is 16.7. The first-order chi connectivity index (χ1) is 15.6. The zero-order valence-corrected chi connectivity index (χ0v) is 20.9. The second kappa shape index (κ2) is 15.2. The summed E-state index contributed by atoms with van der Waals surface area (Å²) in [5.74, 6) is -0.720. The minimum atomic E-state index is -0.360. The van der Waals surface area contributed by atoms with Gasteiger partial charge in [-0.25, -0.2) is 0 Å². The van der Waals surface area contributed by atoms with Crippen LogP contribution in [0.5, 0.6) is 0 Å². The number of nitrogens with zero attached hydrogens (tertiary/aromatic N) is 2. The molecule has 10 heteroatoms. The number of carbonyl (C=O) groups is 2. The third kappa shape index (κ3) is 9.66. The molecule has 0 spiro atoms. The molecule has 4 N–H and O–H groups in total. The average Bonchev–Trinajstić information content (AvgIpc) is 2.83. The molecule has 8 nitrogen and oxygen atoms in total. The molecule has 170 valence electrons. The third-order valence-electron chi connectivity index (χ3n) is 4.22. The summed E-state index contributed by atoms with van der Waals surface area (Å²) in [6, 6.07) is 18.8. The van der Waals surface area contributed by atoms with Crippen LogP contribution in [0.2, 0.25) is 10.6 Å². The summed E-state index contributed by atoms with van der Waals surface area (Å²) >= 11 is 0.748. The van der Waals surface area contributed by atoms with Gasteiger partial charge in [0.15, 0.2) is 0 Å². The number of carbonyl (C=O) groups excluding carboxylic acids is 2. The predicted molar refractivity (Wildman–Crippen MR) is 126 cm³/mol. The van der Waals surface area contributed by atoms with Crippen molar-refractivity contribution in [2.45, 2.75) is 23.5 Å². The monoisotopic (exact) mass is 570 g/mol. The summed E-state index contributed by atoms with van der Waals surface area (Å²) in [5, 5.41) is 31.8. The topological polar surface area (TPSA) is 123 Å². The Morgan fingerprint density at radius 2 is 1.06 bits per heavy atom. The molecule has 2 aromatic rings. The zero-order chi connectivity index (χ0) is 23.0. The van der Waals surface area contributed by atoms with Crippen LogP contribution in [0, 0.1) is 0 Å². The Balaban J connectivity index is 1.56. The Hall–Kier alpha value is -2.64. The number of oxime groups is 2. The second-order valence-corrected chi connectivity index (χ2v) is 14.4. The molecule has 0 bridgehead atoms. The van der Waals surface area contributed by atoms with Crippen molar-refractivity contribution in [1.29, 1.82) is 0 Å². The molecule has 2 aromatic carbocycles. The standard InChI is InChI=1S/C22H26N4O4Se2/c27-21(19(25-29)15-17-7-3-1-4-8-17)23-11-13-31-32-14-12-24-22(28)20(26-30)16-18-9-5-2-6-10-18/h1-10,29-30H,11-16H2,(H,23,27)(H,24,28)/b25-19+,26-20+. The van der Waals surface area contributed by atoms with Gasteiger partial charge >= 0.3 is 199 Å². The maximum absolute atomic E-state index is 12.1. The van der Waals surface area contributed by atoms with Crippen molar-refractivity contribution < 1.29 is 20.0 Å². The SMILES string of the molecule is O=C(NCC[Se][Se]CCNC(=O)/C(Cc1ccccc1)=N/O)/C(Cc1ccccc1)=N/O. The average molecular weight is 568 g/mol. The van der Waals surface area contributed by atoms with Gasteiger partial charge in [-0.05, 0) is 0 Å². The van der Waals surface area contributed by atoms with E-state index in [2.05, 4.69) is 20.9 Å². The number of rotatable bonds is 13. The number of hydrogen-bond acceptors (Lipinski definition) is 6. The zero-order valence-electron chi connectivity index (χ0n) is 17.4. The van der Waals surface area contributed by atoms with Crippen molar-refractivity contribution >= 4 is 49.5 Å². The van der Waals surface area contributed by atoms with Gasteiger partial charge in [-0.2, -0.15) is 0 Å². The molecule has 0 heterocycles. The summed E-state index contributed by atoms with van der Waals surface area (Å²) in [6.07, 6.45) is 0.558. The summed E-state index contributed by atoms with van der Waals surface area (Å²) in [6.45, 7) is 1.05. The van der Waals surface area contributed by atoms with Crippen LogP contribution in [0.3, 0.4) is 0 Å². The van der Waals surface area contributed by atoms with Crippen LogP contribution in [0.15, 0.2) is 71.0 Å². The Morgan fingerprint density at radius 1 is 0.688 bits per heavy atom. The molecule has 2 rings (SSSR count). The fourth-order valence-corrected chi connectivity index (χ4v) is 8.29. The number of nitrogens with one attached hydrogen (secondary N) is 2. The summed E-state index contributed by atoms with van der Waals surface area (Å²) in [4.78, 5) is 24.3. The van der Waals surface area contributed by atoms with Crippen LogP contribution < -0.4 is 10.6 Å². The van der Waals surface area contributed by atoms with Crippen molar-refractivity contribution in [3.8, 4) is 0 Å². The van der Waals surface area contributed by atoms with E-state index in [0.29, 0.717) is 39.4 Å². The van der Waals surface area contributed by atoms with Gasteiger partial charge in [0.1, 0.15) is 0 Å². The number of amides is 2. The van der Waals surface area contributed by atoms with E-state index in [1.165, 1.54) is 0 Å². The molecule has 0 aliphatic heterocycles. The molecular weight excluding hydrogens is 542 g/mol. The molecule has 0 aliphatic rings. The summed E-state index contributed by atoms with van der Waals surface area (Å²) < 4.78 is 0. The minimum absolute atomic E-state index is 0.0915. The summed E-state index contributed by atoms with van der Waals surface area (Å²) in [7, 11) is 0. The molecule has 0 saturated heterocycles. The fourth-order valence-electron chi connectivity index (χ4n) is 2.63. The second-order valence-electron chi connectivity index (χ2n) is 6.57. The van der Waals surface area contributed by atoms with Gasteiger partial charge in [-0.15, -0.1) is 0 Å². The van der Waals surface area contributed by atoms with Crippen LogP contribution in [-0.2, 0) is 22.4 Å². The third-order valence-corrected chi connectivity index (χ3v) is 11.6. The Bertz CT molecular complexity index is 833. The molecule has 2 amide bonds. The number of benzene rings is 2. The van der Waals surface area contributed by atoms with Crippen LogP contribution in [-0.4, -0.2) is 73.0 Å². The van der Waals surface area contributed by atoms with E-state index in [1.807, 2.05) is 60.7 Å². The van der Waals surface area contributed by atoms with E-state index < -0.39 is 0 Å². The van der Waals surface area contributed by atoms with Crippen molar-refractivity contribution in [3.05, 3.63) is 71.8 Å². The van der Waals surface area contributed by atoms with Gasteiger partial charge in [0.05, 0.1) is 0 Å². The molecule has 0 saturated carbocycles. The predicted octanol–water partition coefficient (Wildman–Crippen LogP) is 1.52. The van der Waals surface area contributed by atoms with E-state index in [0.717, 1.165) is 21.8 Å². The van der Waals surface area contributed by atoms with E-state index in [9.17, 15) is 9.59 Å². The molecule has 0 fully saturated rings. The quantitative estimate of drug-likeness (QED) is 0.0963. The Labute approximate surface area is 198 Å². The number of hydrogen-bond donors (Lipinski definition) is 4. The van der Waals surface area contributed by atoms with Gasteiger partial charge < -0.3 is 0 Å². The van der Waals surface area contributed by atoms with Crippen LogP contribution in [0.4, 0.5) is 0 Å². The van der Waals surface area contributed by atoms with Crippen molar-refractivity contribution in [2.75, 3.05) is 13.1 Å². The molecule has 0 atom stereocenters. The van der Waals surface area contributed by atoms with E-state index in [-0.39, 0.29) is 36.1 Å². The van der Waals surface area contributed by atoms with E-state index >= 15 is 0 Å². The molecular formula is C22H26N4O4Se2. The van der Waals surface area contributed by atoms with Gasteiger partial charge in [0.2, 0.25) is 0 Å². The van der Waals surface area contributed by atoms with Crippen molar-refractivity contribution in [1.82, 2.24) is 10.6 Å². The Kier molecular flexibility index (Phi) is 12.2. The molecule has 0 unspecified atom stereocenters. The van der Waals surface area contributed by atoms with Gasteiger partial charge in [0, 0.05) is 0 Å². The molecule has 0 aromatic heterocycles. The van der Waals surface area contributed by atoms with Crippen LogP contribution in [0.25, 0.3) is 0 Å². The molecule has 0 aliphatic carbocycles. The van der Waals surface area contributed by atoms with Crippen LogP contribution in [0.1, 0.15) is 11.1 Å².